The molecule has 0 radical (unpaired) electrons. The number of nitrogens with one attached hydrogen (secondary N) is 1. The van der Waals surface area contributed by atoms with E-state index in [9.17, 15) is 0 Å². The van der Waals surface area contributed by atoms with Gasteiger partial charge in [0.05, 0.1) is 12.2 Å². The van der Waals surface area contributed by atoms with Crippen molar-refractivity contribution in [3.8, 4) is 0 Å². The highest BCUT2D eigenvalue weighted by molar-refractivity contribution is 5.26. The quantitative estimate of drug-likeness (QED) is 0.791. The molecule has 0 aliphatic heterocycles. The molecule has 2 nitrogen and oxygen atoms in total. The molecule has 1 N–H and O–H groups in total. The molecular weight excluding hydrogens is 222 g/mol. The van der Waals surface area contributed by atoms with E-state index in [0.717, 1.165) is 13.0 Å². The lowest BCUT2D eigenvalue weighted by atomic mass is 10.1. The maximum absolute atomic E-state index is 5.98. The molecule has 0 bridgehead atoms. The minimum Gasteiger partial charge on any atom is -0.371 e. The van der Waals surface area contributed by atoms with E-state index >= 15 is 0 Å². The molecule has 1 aromatic rings. The molecular formula is C16H27NO. The van der Waals surface area contributed by atoms with Gasteiger partial charge in [-0.05, 0) is 31.4 Å². The zero-order valence-electron chi connectivity index (χ0n) is 12.4. The number of rotatable bonds is 7. The van der Waals surface area contributed by atoms with Crippen LogP contribution in [0, 0.1) is 0 Å². The average Bonchev–Trinajstić information content (AvgIpc) is 2.35. The molecule has 0 fully saturated rings. The van der Waals surface area contributed by atoms with E-state index in [4.69, 9.17) is 4.74 Å². The van der Waals surface area contributed by atoms with Crippen LogP contribution in [-0.2, 0) is 17.9 Å². The third-order valence-electron chi connectivity index (χ3n) is 3.29. The molecule has 0 aliphatic rings. The molecule has 0 aliphatic carbocycles. The molecule has 2 heteroatoms. The fraction of sp³-hybridized carbons (Fsp3) is 0.625. The summed E-state index contributed by atoms with van der Waals surface area (Å²) in [7, 11) is 0. The van der Waals surface area contributed by atoms with Crippen LogP contribution >= 0.6 is 0 Å². The lowest BCUT2D eigenvalue weighted by molar-refractivity contribution is -0.0319. The number of benzene rings is 1. The smallest absolute Gasteiger partial charge is 0.0727 e. The Morgan fingerprint density at radius 2 is 1.78 bits per heavy atom. The molecule has 0 atom stereocenters. The summed E-state index contributed by atoms with van der Waals surface area (Å²) in [5.41, 5.74) is 2.57. The highest BCUT2D eigenvalue weighted by atomic mass is 16.5. The maximum atomic E-state index is 5.98. The summed E-state index contributed by atoms with van der Waals surface area (Å²) in [6, 6.07) is 9.00. The Kier molecular flexibility index (Phi) is 5.83. The average molecular weight is 249 g/mol. The van der Waals surface area contributed by atoms with E-state index in [2.05, 4.69) is 64.2 Å². The summed E-state index contributed by atoms with van der Waals surface area (Å²) < 4.78 is 5.98. The van der Waals surface area contributed by atoms with Crippen molar-refractivity contribution in [2.24, 2.45) is 0 Å². The van der Waals surface area contributed by atoms with Gasteiger partial charge in [0, 0.05) is 12.6 Å². The van der Waals surface area contributed by atoms with E-state index in [1.54, 1.807) is 0 Å². The van der Waals surface area contributed by atoms with Crippen molar-refractivity contribution < 1.29 is 4.74 Å². The number of ether oxygens (including phenoxy) is 1. The molecule has 0 amide bonds. The largest absolute Gasteiger partial charge is 0.371 e. The molecule has 18 heavy (non-hydrogen) atoms. The van der Waals surface area contributed by atoms with Gasteiger partial charge in [-0.3, -0.25) is 0 Å². The molecule has 0 unspecified atom stereocenters. The van der Waals surface area contributed by atoms with Crippen molar-refractivity contribution in [1.82, 2.24) is 5.32 Å². The lowest BCUT2D eigenvalue weighted by Crippen LogP contribution is -2.25. The summed E-state index contributed by atoms with van der Waals surface area (Å²) in [4.78, 5) is 0. The topological polar surface area (TPSA) is 21.3 Å². The molecule has 0 spiro atoms. The van der Waals surface area contributed by atoms with Crippen LogP contribution in [-0.4, -0.2) is 11.6 Å². The zero-order valence-corrected chi connectivity index (χ0v) is 12.4. The summed E-state index contributed by atoms with van der Waals surface area (Å²) in [6.45, 7) is 12.4. The molecule has 1 rings (SSSR count). The fourth-order valence-electron chi connectivity index (χ4n) is 1.56. The first-order chi connectivity index (χ1) is 8.44. The minimum absolute atomic E-state index is 0.0431. The van der Waals surface area contributed by atoms with E-state index in [1.165, 1.54) is 11.1 Å². The minimum atomic E-state index is -0.0431. The Balaban J connectivity index is 2.64. The van der Waals surface area contributed by atoms with Crippen LogP contribution in [0.5, 0.6) is 0 Å². The Morgan fingerprint density at radius 3 is 2.33 bits per heavy atom. The summed E-state index contributed by atoms with van der Waals surface area (Å²) in [6.07, 6.45) is 1.03. The number of hydrogen-bond acceptors (Lipinski definition) is 2. The van der Waals surface area contributed by atoms with Gasteiger partial charge in [-0.2, -0.15) is 0 Å². The van der Waals surface area contributed by atoms with E-state index in [0.29, 0.717) is 12.6 Å². The molecule has 0 heterocycles. The van der Waals surface area contributed by atoms with Crippen LogP contribution in [0.25, 0.3) is 0 Å². The molecule has 102 valence electrons. The Hall–Kier alpha value is -0.860. The van der Waals surface area contributed by atoms with Gasteiger partial charge in [-0.25, -0.2) is 0 Å². The summed E-state index contributed by atoms with van der Waals surface area (Å²) >= 11 is 0. The normalized spacial score (nSPS) is 12.1. The van der Waals surface area contributed by atoms with Crippen LogP contribution < -0.4 is 5.32 Å². The van der Waals surface area contributed by atoms with Crippen LogP contribution in [0.15, 0.2) is 24.3 Å². The predicted octanol–water partition coefficient (Wildman–Crippen LogP) is 3.89. The van der Waals surface area contributed by atoms with Crippen LogP contribution in [0.3, 0.4) is 0 Å². The van der Waals surface area contributed by atoms with Gasteiger partial charge >= 0.3 is 0 Å². The summed E-state index contributed by atoms with van der Waals surface area (Å²) in [5, 5.41) is 3.46. The SMILES string of the molecule is CCC(C)(C)OCc1ccccc1CNC(C)C. The van der Waals surface area contributed by atoms with Gasteiger partial charge in [0.25, 0.3) is 0 Å². The highest BCUT2D eigenvalue weighted by Crippen LogP contribution is 2.18. The molecule has 1 aromatic carbocycles. The van der Waals surface area contributed by atoms with E-state index < -0.39 is 0 Å². The Labute approximate surface area is 112 Å². The second-order valence-electron chi connectivity index (χ2n) is 5.71. The third kappa shape index (κ3) is 5.19. The van der Waals surface area contributed by atoms with Crippen molar-refractivity contribution in [3.05, 3.63) is 35.4 Å². The standard InChI is InChI=1S/C16H27NO/c1-6-16(4,5)18-12-15-10-8-7-9-14(15)11-17-13(2)3/h7-10,13,17H,6,11-12H2,1-5H3. The first-order valence-corrected chi connectivity index (χ1v) is 6.88. The van der Waals surface area contributed by atoms with Crippen LogP contribution in [0.4, 0.5) is 0 Å². The monoisotopic (exact) mass is 249 g/mol. The second kappa shape index (κ2) is 6.91. The zero-order chi connectivity index (χ0) is 13.6. The predicted molar refractivity (Wildman–Crippen MR) is 77.6 cm³/mol. The maximum Gasteiger partial charge on any atom is 0.0727 e. The summed E-state index contributed by atoms with van der Waals surface area (Å²) in [5.74, 6) is 0. The number of hydrogen-bond donors (Lipinski definition) is 1. The van der Waals surface area contributed by atoms with Gasteiger partial charge in [-0.15, -0.1) is 0 Å². The van der Waals surface area contributed by atoms with E-state index in [-0.39, 0.29) is 5.60 Å². The van der Waals surface area contributed by atoms with Gasteiger partial charge in [0.15, 0.2) is 0 Å². The fourth-order valence-corrected chi connectivity index (χ4v) is 1.56. The van der Waals surface area contributed by atoms with Gasteiger partial charge < -0.3 is 10.1 Å². The van der Waals surface area contributed by atoms with Gasteiger partial charge in [0.2, 0.25) is 0 Å². The van der Waals surface area contributed by atoms with Gasteiger partial charge in [-0.1, -0.05) is 45.0 Å². The molecule has 0 saturated heterocycles. The highest BCUT2D eigenvalue weighted by Gasteiger charge is 2.15. The Morgan fingerprint density at radius 1 is 1.17 bits per heavy atom. The van der Waals surface area contributed by atoms with Crippen LogP contribution in [0.1, 0.15) is 52.2 Å². The van der Waals surface area contributed by atoms with Crippen molar-refractivity contribution >= 4 is 0 Å². The van der Waals surface area contributed by atoms with Crippen LogP contribution in [0.2, 0.25) is 0 Å². The Bertz CT molecular complexity index is 358. The third-order valence-corrected chi connectivity index (χ3v) is 3.29. The van der Waals surface area contributed by atoms with Crippen molar-refractivity contribution in [3.63, 3.8) is 0 Å². The van der Waals surface area contributed by atoms with Crippen molar-refractivity contribution in [2.75, 3.05) is 0 Å². The van der Waals surface area contributed by atoms with Crippen molar-refractivity contribution in [1.29, 1.82) is 0 Å². The molecule has 0 saturated carbocycles. The van der Waals surface area contributed by atoms with Gasteiger partial charge in [0.1, 0.15) is 0 Å². The van der Waals surface area contributed by atoms with E-state index in [1.807, 2.05) is 0 Å². The van der Waals surface area contributed by atoms with Crippen molar-refractivity contribution in [2.45, 2.75) is 65.8 Å². The molecule has 0 aromatic heterocycles. The first-order valence-electron chi connectivity index (χ1n) is 6.88. The second-order valence-corrected chi connectivity index (χ2v) is 5.71. The lowest BCUT2D eigenvalue weighted by Gasteiger charge is -2.24. The first kappa shape index (κ1) is 15.2.